The van der Waals surface area contributed by atoms with E-state index in [0.29, 0.717) is 11.7 Å². The highest BCUT2D eigenvalue weighted by Gasteiger charge is 2.25. The molecule has 5 nitrogen and oxygen atoms in total. The van der Waals surface area contributed by atoms with Gasteiger partial charge in [0.05, 0.1) is 10.4 Å². The van der Waals surface area contributed by atoms with Gasteiger partial charge in [-0.15, -0.1) is 11.3 Å². The van der Waals surface area contributed by atoms with Gasteiger partial charge in [-0.05, 0) is 26.0 Å². The van der Waals surface area contributed by atoms with Crippen molar-refractivity contribution in [2.45, 2.75) is 26.4 Å². The minimum atomic E-state index is 0.185. The average molecular weight is 327 g/mol. The van der Waals surface area contributed by atoms with E-state index in [1.807, 2.05) is 13.0 Å². The number of aromatic nitrogens is 2. The van der Waals surface area contributed by atoms with Crippen LogP contribution in [0.5, 0.6) is 0 Å². The van der Waals surface area contributed by atoms with Gasteiger partial charge < -0.3 is 4.52 Å². The zero-order chi connectivity index (χ0) is 14.8. The summed E-state index contributed by atoms with van der Waals surface area (Å²) in [5.74, 6) is 1.41. The first-order valence-electron chi connectivity index (χ1n) is 7.12. The van der Waals surface area contributed by atoms with Gasteiger partial charge in [0.15, 0.2) is 5.82 Å². The van der Waals surface area contributed by atoms with Gasteiger partial charge in [-0.25, -0.2) is 0 Å². The summed E-state index contributed by atoms with van der Waals surface area (Å²) in [6, 6.07) is 4.27. The Kier molecular flexibility index (Phi) is 4.59. The Labute approximate surface area is 133 Å². The van der Waals surface area contributed by atoms with Crippen LogP contribution in [-0.2, 0) is 6.54 Å². The van der Waals surface area contributed by atoms with Crippen LogP contribution in [0.2, 0.25) is 4.34 Å². The first-order chi connectivity index (χ1) is 10.1. The topological polar surface area (TPSA) is 45.4 Å². The minimum absolute atomic E-state index is 0.185. The monoisotopic (exact) mass is 326 g/mol. The summed E-state index contributed by atoms with van der Waals surface area (Å²) in [4.78, 5) is 10.5. The van der Waals surface area contributed by atoms with Crippen molar-refractivity contribution in [3.05, 3.63) is 33.1 Å². The normalized spacial score (nSPS) is 19.0. The second kappa shape index (κ2) is 6.44. The van der Waals surface area contributed by atoms with Crippen LogP contribution in [0.3, 0.4) is 0 Å². The van der Waals surface area contributed by atoms with Gasteiger partial charge >= 0.3 is 0 Å². The molecule has 1 aliphatic heterocycles. The maximum Gasteiger partial charge on any atom is 0.243 e. The molecule has 2 aromatic heterocycles. The Morgan fingerprint density at radius 3 is 2.67 bits per heavy atom. The molecule has 21 heavy (non-hydrogen) atoms. The Hall–Kier alpha value is -0.950. The standard InChI is InChI=1S/C14H19ClN4OS/c1-10(14-16-11(2)17-20-14)19-7-5-18(6-8-19)9-12-3-4-13(15)21-12/h3-4,10H,5-9H2,1-2H3/t10-/m1/s1. The largest absolute Gasteiger partial charge is 0.338 e. The van der Waals surface area contributed by atoms with Crippen molar-refractivity contribution in [1.82, 2.24) is 19.9 Å². The molecule has 0 N–H and O–H groups in total. The molecule has 3 heterocycles. The van der Waals surface area contributed by atoms with Crippen molar-refractivity contribution < 1.29 is 4.52 Å². The third-order valence-corrected chi connectivity index (χ3v) is 5.08. The van der Waals surface area contributed by atoms with Crippen LogP contribution < -0.4 is 0 Å². The maximum atomic E-state index is 5.98. The summed E-state index contributed by atoms with van der Waals surface area (Å²) in [5.41, 5.74) is 0. The number of piperazine rings is 1. The van der Waals surface area contributed by atoms with Crippen LogP contribution in [0.15, 0.2) is 16.7 Å². The first-order valence-corrected chi connectivity index (χ1v) is 8.32. The van der Waals surface area contributed by atoms with Gasteiger partial charge in [0.1, 0.15) is 0 Å². The van der Waals surface area contributed by atoms with Gasteiger partial charge in [-0.2, -0.15) is 4.98 Å². The van der Waals surface area contributed by atoms with Gasteiger partial charge in [-0.3, -0.25) is 9.80 Å². The van der Waals surface area contributed by atoms with Crippen molar-refractivity contribution >= 4 is 22.9 Å². The fraction of sp³-hybridized carbons (Fsp3) is 0.571. The Bertz CT molecular complexity index is 591. The molecular weight excluding hydrogens is 308 g/mol. The molecule has 1 fully saturated rings. The smallest absolute Gasteiger partial charge is 0.243 e. The zero-order valence-electron chi connectivity index (χ0n) is 12.3. The van der Waals surface area contributed by atoms with Crippen LogP contribution in [0.25, 0.3) is 0 Å². The van der Waals surface area contributed by atoms with Crippen LogP contribution in [0.4, 0.5) is 0 Å². The summed E-state index contributed by atoms with van der Waals surface area (Å²) < 4.78 is 6.14. The highest BCUT2D eigenvalue weighted by molar-refractivity contribution is 7.16. The van der Waals surface area contributed by atoms with Gasteiger partial charge in [0, 0.05) is 37.6 Å². The van der Waals surface area contributed by atoms with Crippen molar-refractivity contribution in [2.24, 2.45) is 0 Å². The van der Waals surface area contributed by atoms with E-state index in [4.69, 9.17) is 16.1 Å². The molecule has 7 heteroatoms. The lowest BCUT2D eigenvalue weighted by Gasteiger charge is -2.36. The SMILES string of the molecule is Cc1noc([C@@H](C)N2CCN(Cc3ccc(Cl)s3)CC2)n1. The first kappa shape index (κ1) is 15.0. The summed E-state index contributed by atoms with van der Waals surface area (Å²) in [6.07, 6.45) is 0. The third-order valence-electron chi connectivity index (χ3n) is 3.86. The van der Waals surface area contributed by atoms with E-state index in [9.17, 15) is 0 Å². The zero-order valence-corrected chi connectivity index (χ0v) is 13.8. The number of halogens is 1. The van der Waals surface area contributed by atoms with Crippen LogP contribution in [-0.4, -0.2) is 46.1 Å². The summed E-state index contributed by atoms with van der Waals surface area (Å²) in [5, 5.41) is 3.87. The molecule has 0 saturated carbocycles. The lowest BCUT2D eigenvalue weighted by molar-refractivity contribution is 0.0850. The molecule has 0 radical (unpaired) electrons. The molecule has 0 spiro atoms. The quantitative estimate of drug-likeness (QED) is 0.864. The number of hydrogen-bond donors (Lipinski definition) is 0. The van der Waals surface area contributed by atoms with Crippen LogP contribution >= 0.6 is 22.9 Å². The van der Waals surface area contributed by atoms with Gasteiger partial charge in [-0.1, -0.05) is 16.8 Å². The number of nitrogens with zero attached hydrogens (tertiary/aromatic N) is 4. The molecule has 3 rings (SSSR count). The van der Waals surface area contributed by atoms with E-state index in [1.54, 1.807) is 11.3 Å². The highest BCUT2D eigenvalue weighted by Crippen LogP contribution is 2.24. The molecule has 2 aromatic rings. The molecule has 0 bridgehead atoms. The van der Waals surface area contributed by atoms with Crippen molar-refractivity contribution in [3.63, 3.8) is 0 Å². The summed E-state index contributed by atoms with van der Waals surface area (Å²) >= 11 is 7.65. The summed E-state index contributed by atoms with van der Waals surface area (Å²) in [6.45, 7) is 9.09. The van der Waals surface area contributed by atoms with Gasteiger partial charge in [0.2, 0.25) is 5.89 Å². The van der Waals surface area contributed by atoms with Gasteiger partial charge in [0.25, 0.3) is 0 Å². The molecule has 114 valence electrons. The molecule has 1 saturated heterocycles. The maximum absolute atomic E-state index is 5.98. The van der Waals surface area contributed by atoms with E-state index in [0.717, 1.165) is 37.1 Å². The average Bonchev–Trinajstić information content (AvgIpc) is 3.08. The van der Waals surface area contributed by atoms with Crippen molar-refractivity contribution in [1.29, 1.82) is 0 Å². The molecular formula is C14H19ClN4OS. The van der Waals surface area contributed by atoms with Crippen molar-refractivity contribution in [3.8, 4) is 0 Å². The molecule has 1 atom stereocenters. The second-order valence-corrected chi connectivity index (χ2v) is 7.17. The molecule has 0 aliphatic carbocycles. The van der Waals surface area contributed by atoms with E-state index in [-0.39, 0.29) is 6.04 Å². The van der Waals surface area contributed by atoms with E-state index >= 15 is 0 Å². The molecule has 1 aliphatic rings. The van der Waals surface area contributed by atoms with E-state index in [1.165, 1.54) is 4.88 Å². The Balaban J connectivity index is 1.52. The fourth-order valence-corrected chi connectivity index (χ4v) is 3.73. The van der Waals surface area contributed by atoms with Crippen LogP contribution in [0, 0.1) is 6.92 Å². The third kappa shape index (κ3) is 3.63. The van der Waals surface area contributed by atoms with E-state index in [2.05, 4.69) is 32.9 Å². The minimum Gasteiger partial charge on any atom is -0.338 e. The Morgan fingerprint density at radius 1 is 1.33 bits per heavy atom. The second-order valence-electron chi connectivity index (χ2n) is 5.37. The Morgan fingerprint density at radius 2 is 2.10 bits per heavy atom. The number of thiophene rings is 1. The lowest BCUT2D eigenvalue weighted by Crippen LogP contribution is -2.46. The number of rotatable bonds is 4. The fourth-order valence-electron chi connectivity index (χ4n) is 2.60. The predicted molar refractivity (Wildman–Crippen MR) is 83.6 cm³/mol. The highest BCUT2D eigenvalue weighted by atomic mass is 35.5. The molecule has 0 unspecified atom stereocenters. The van der Waals surface area contributed by atoms with E-state index < -0.39 is 0 Å². The number of aryl methyl sites for hydroxylation is 1. The molecule has 0 aromatic carbocycles. The van der Waals surface area contributed by atoms with Crippen LogP contribution in [0.1, 0.15) is 29.6 Å². The summed E-state index contributed by atoms with van der Waals surface area (Å²) in [7, 11) is 0. The molecule has 0 amide bonds. The van der Waals surface area contributed by atoms with Crippen molar-refractivity contribution in [2.75, 3.05) is 26.2 Å². The predicted octanol–water partition coefficient (Wildman–Crippen LogP) is 2.97. The number of hydrogen-bond acceptors (Lipinski definition) is 6. The lowest BCUT2D eigenvalue weighted by atomic mass is 10.2.